The minimum absolute atomic E-state index is 0.208. The summed E-state index contributed by atoms with van der Waals surface area (Å²) in [6.45, 7) is 0. The number of hydrogen-bond acceptors (Lipinski definition) is 4. The zero-order valence-electron chi connectivity index (χ0n) is 15.8. The second-order valence-electron chi connectivity index (χ2n) is 6.47. The van der Waals surface area contributed by atoms with Crippen LogP contribution in [0.25, 0.3) is 11.1 Å². The summed E-state index contributed by atoms with van der Waals surface area (Å²) < 4.78 is 5.03. The fourth-order valence-corrected chi connectivity index (χ4v) is 3.12. The molecule has 0 aliphatic heterocycles. The van der Waals surface area contributed by atoms with E-state index in [9.17, 15) is 19.5 Å². The summed E-state index contributed by atoms with van der Waals surface area (Å²) in [5.41, 5.74) is 2.69. The number of benzene rings is 2. The largest absolute Gasteiger partial charge is 0.481 e. The molecule has 8 heteroatoms. The maximum absolute atomic E-state index is 12.0. The van der Waals surface area contributed by atoms with Crippen LogP contribution in [0.4, 0.5) is 0 Å². The molecule has 154 valence electrons. The van der Waals surface area contributed by atoms with Crippen molar-refractivity contribution in [1.82, 2.24) is 5.32 Å². The van der Waals surface area contributed by atoms with E-state index in [1.165, 1.54) is 7.11 Å². The maximum atomic E-state index is 12.0. The fraction of sp³-hybridized carbons (Fsp3) is 0.286. The number of carbonyl (C=O) groups is 3. The van der Waals surface area contributed by atoms with Gasteiger partial charge in [-0.3, -0.25) is 9.59 Å². The number of methoxy groups -OCH3 is 1. The Bertz CT molecular complexity index is 868. The topological polar surface area (TPSA) is 113 Å². The van der Waals surface area contributed by atoms with Crippen molar-refractivity contribution in [2.75, 3.05) is 7.11 Å². The van der Waals surface area contributed by atoms with E-state index < -0.39 is 30.0 Å². The first-order valence-corrected chi connectivity index (χ1v) is 9.29. The average Bonchev–Trinajstić information content (AvgIpc) is 2.67. The van der Waals surface area contributed by atoms with E-state index in [2.05, 4.69) is 5.32 Å². The van der Waals surface area contributed by atoms with Gasteiger partial charge in [-0.1, -0.05) is 48.0 Å². The normalized spacial score (nSPS) is 12.8. The summed E-state index contributed by atoms with van der Waals surface area (Å²) in [6.07, 6.45) is -1.64. The van der Waals surface area contributed by atoms with Crippen LogP contribution >= 0.6 is 11.6 Å². The van der Waals surface area contributed by atoms with Gasteiger partial charge in [-0.05, 0) is 35.2 Å². The van der Waals surface area contributed by atoms with E-state index in [0.717, 1.165) is 16.7 Å². The third-order valence-corrected chi connectivity index (χ3v) is 4.58. The van der Waals surface area contributed by atoms with E-state index in [1.807, 2.05) is 42.5 Å². The zero-order chi connectivity index (χ0) is 21.4. The molecule has 2 aromatic rings. The molecule has 0 aliphatic rings. The molecule has 0 fully saturated rings. The standard InChI is InChI=1S/C21H22ClNO6/c1-29-20(21(27)28)17(23-18(24)9-10-19(25)26)11-13-5-7-14(8-6-13)15-3-2-4-16(22)12-15/h2-8,12,17,20H,9-11H2,1H3,(H,23,24)(H,25,26)(H,27,28)/t17-,20?/m1/s1. The third kappa shape index (κ3) is 6.89. The lowest BCUT2D eigenvalue weighted by atomic mass is 9.98. The Kier molecular flexibility index (Phi) is 8.18. The molecule has 0 aliphatic carbocycles. The third-order valence-electron chi connectivity index (χ3n) is 4.34. The molecule has 2 rings (SSSR count). The number of aliphatic carboxylic acids is 2. The summed E-state index contributed by atoms with van der Waals surface area (Å²) in [5, 5.41) is 21.3. The van der Waals surface area contributed by atoms with Crippen LogP contribution in [0.3, 0.4) is 0 Å². The monoisotopic (exact) mass is 419 g/mol. The second kappa shape index (κ2) is 10.6. The van der Waals surface area contributed by atoms with E-state index >= 15 is 0 Å². The van der Waals surface area contributed by atoms with Crippen LogP contribution in [-0.4, -0.2) is 47.3 Å². The Morgan fingerprint density at radius 2 is 1.72 bits per heavy atom. The number of hydrogen-bond donors (Lipinski definition) is 3. The molecule has 0 heterocycles. The summed E-state index contributed by atoms with van der Waals surface area (Å²) in [6, 6.07) is 14.0. The lowest BCUT2D eigenvalue weighted by Crippen LogP contribution is -2.49. The van der Waals surface area contributed by atoms with Crippen LogP contribution in [0.1, 0.15) is 18.4 Å². The number of amides is 1. The van der Waals surface area contributed by atoms with Crippen molar-refractivity contribution in [3.8, 4) is 11.1 Å². The highest BCUT2D eigenvalue weighted by Crippen LogP contribution is 2.23. The SMILES string of the molecule is COC(C(=O)O)[C@@H](Cc1ccc(-c2cccc(Cl)c2)cc1)NC(=O)CCC(=O)O. The van der Waals surface area contributed by atoms with Gasteiger partial charge in [0, 0.05) is 18.6 Å². The molecule has 29 heavy (non-hydrogen) atoms. The number of ether oxygens (including phenoxy) is 1. The van der Waals surface area contributed by atoms with Gasteiger partial charge < -0.3 is 20.3 Å². The minimum Gasteiger partial charge on any atom is -0.481 e. The van der Waals surface area contributed by atoms with Crippen molar-refractivity contribution >= 4 is 29.4 Å². The quantitative estimate of drug-likeness (QED) is 0.545. The van der Waals surface area contributed by atoms with Crippen LogP contribution in [0, 0.1) is 0 Å². The van der Waals surface area contributed by atoms with Gasteiger partial charge in [0.2, 0.25) is 5.91 Å². The molecular formula is C21H22ClNO6. The van der Waals surface area contributed by atoms with Gasteiger partial charge in [-0.2, -0.15) is 0 Å². The average molecular weight is 420 g/mol. The van der Waals surface area contributed by atoms with Gasteiger partial charge in [0.05, 0.1) is 12.5 Å². The summed E-state index contributed by atoms with van der Waals surface area (Å²) in [5.74, 6) is -2.86. The van der Waals surface area contributed by atoms with E-state index in [4.69, 9.17) is 21.4 Å². The Morgan fingerprint density at radius 3 is 2.28 bits per heavy atom. The molecule has 0 saturated heterocycles. The predicted molar refractivity (Wildman–Crippen MR) is 108 cm³/mol. The Labute approximate surface area is 173 Å². The Balaban J connectivity index is 2.15. The fourth-order valence-electron chi connectivity index (χ4n) is 2.93. The molecule has 1 amide bonds. The van der Waals surface area contributed by atoms with Gasteiger partial charge in [-0.15, -0.1) is 0 Å². The molecule has 0 radical (unpaired) electrons. The second-order valence-corrected chi connectivity index (χ2v) is 6.91. The number of nitrogens with one attached hydrogen (secondary N) is 1. The van der Waals surface area contributed by atoms with Crippen molar-refractivity contribution in [2.24, 2.45) is 0 Å². The Hall–Kier alpha value is -2.90. The van der Waals surface area contributed by atoms with Crippen LogP contribution in [0.15, 0.2) is 48.5 Å². The molecule has 3 N–H and O–H groups in total. The summed E-state index contributed by atoms with van der Waals surface area (Å²) in [7, 11) is 1.25. The first-order chi connectivity index (χ1) is 13.8. The highest BCUT2D eigenvalue weighted by molar-refractivity contribution is 6.30. The van der Waals surface area contributed by atoms with Crippen molar-refractivity contribution in [3.63, 3.8) is 0 Å². The van der Waals surface area contributed by atoms with Gasteiger partial charge in [0.15, 0.2) is 6.10 Å². The molecule has 0 spiro atoms. The van der Waals surface area contributed by atoms with Gasteiger partial charge >= 0.3 is 11.9 Å². The van der Waals surface area contributed by atoms with E-state index in [-0.39, 0.29) is 19.3 Å². The van der Waals surface area contributed by atoms with Crippen molar-refractivity contribution in [2.45, 2.75) is 31.4 Å². The van der Waals surface area contributed by atoms with Crippen LogP contribution < -0.4 is 5.32 Å². The number of carboxylic acid groups (broad SMARTS) is 2. The van der Waals surface area contributed by atoms with Crippen molar-refractivity contribution < 1.29 is 29.3 Å². The number of carbonyl (C=O) groups excluding carboxylic acids is 1. The van der Waals surface area contributed by atoms with Crippen molar-refractivity contribution in [3.05, 3.63) is 59.1 Å². The molecule has 0 aromatic heterocycles. The number of rotatable bonds is 10. The highest BCUT2D eigenvalue weighted by Gasteiger charge is 2.29. The van der Waals surface area contributed by atoms with Gasteiger partial charge in [0.25, 0.3) is 0 Å². The van der Waals surface area contributed by atoms with E-state index in [1.54, 1.807) is 6.07 Å². The van der Waals surface area contributed by atoms with E-state index in [0.29, 0.717) is 5.02 Å². The smallest absolute Gasteiger partial charge is 0.334 e. The Morgan fingerprint density at radius 1 is 1.03 bits per heavy atom. The first-order valence-electron chi connectivity index (χ1n) is 8.91. The minimum atomic E-state index is -1.27. The highest BCUT2D eigenvalue weighted by atomic mass is 35.5. The zero-order valence-corrected chi connectivity index (χ0v) is 16.6. The predicted octanol–water partition coefficient (Wildman–Crippen LogP) is 3.00. The lowest BCUT2D eigenvalue weighted by Gasteiger charge is -2.24. The molecular weight excluding hydrogens is 398 g/mol. The van der Waals surface area contributed by atoms with Crippen LogP contribution in [-0.2, 0) is 25.5 Å². The molecule has 0 bridgehead atoms. The van der Waals surface area contributed by atoms with Crippen LogP contribution in [0.2, 0.25) is 5.02 Å². The number of carboxylic acids is 2. The molecule has 2 aromatic carbocycles. The number of halogens is 1. The lowest BCUT2D eigenvalue weighted by molar-refractivity contribution is -0.151. The summed E-state index contributed by atoms with van der Waals surface area (Å²) in [4.78, 5) is 34.2. The van der Waals surface area contributed by atoms with Crippen molar-refractivity contribution in [1.29, 1.82) is 0 Å². The van der Waals surface area contributed by atoms with Gasteiger partial charge in [0.1, 0.15) is 0 Å². The van der Waals surface area contributed by atoms with Gasteiger partial charge in [-0.25, -0.2) is 4.79 Å². The first kappa shape index (κ1) is 22.4. The molecule has 7 nitrogen and oxygen atoms in total. The maximum Gasteiger partial charge on any atom is 0.334 e. The molecule has 0 saturated carbocycles. The molecule has 2 atom stereocenters. The summed E-state index contributed by atoms with van der Waals surface area (Å²) >= 11 is 6.02. The molecule has 1 unspecified atom stereocenters. The van der Waals surface area contributed by atoms with Crippen LogP contribution in [0.5, 0.6) is 0 Å².